The second-order valence-corrected chi connectivity index (χ2v) is 6.72. The van der Waals surface area contributed by atoms with Crippen molar-refractivity contribution in [2.24, 2.45) is 0 Å². The van der Waals surface area contributed by atoms with E-state index in [2.05, 4.69) is 4.98 Å². The molecule has 138 valence electrons. The van der Waals surface area contributed by atoms with Crippen LogP contribution < -0.4 is 0 Å². The third-order valence-electron chi connectivity index (χ3n) is 4.36. The van der Waals surface area contributed by atoms with Crippen molar-refractivity contribution in [3.8, 4) is 11.3 Å². The van der Waals surface area contributed by atoms with Gasteiger partial charge in [-0.2, -0.15) is 0 Å². The summed E-state index contributed by atoms with van der Waals surface area (Å²) < 4.78 is 18.7. The number of esters is 1. The summed E-state index contributed by atoms with van der Waals surface area (Å²) >= 11 is 5.88. The fraction of sp³-hybridized carbons (Fsp3) is 0.0435. The van der Waals surface area contributed by atoms with E-state index in [1.54, 1.807) is 30.3 Å². The summed E-state index contributed by atoms with van der Waals surface area (Å²) in [5, 5.41) is 1.33. The molecular formula is C23H15ClFNO2. The van der Waals surface area contributed by atoms with E-state index in [9.17, 15) is 9.18 Å². The van der Waals surface area contributed by atoms with Crippen molar-refractivity contribution >= 4 is 28.5 Å². The molecule has 4 rings (SSSR count). The number of pyridine rings is 1. The molecule has 0 radical (unpaired) electrons. The first-order valence-electron chi connectivity index (χ1n) is 8.67. The van der Waals surface area contributed by atoms with Gasteiger partial charge >= 0.3 is 5.97 Å². The number of fused-ring (bicyclic) bond motifs is 1. The van der Waals surface area contributed by atoms with Crippen molar-refractivity contribution in [3.05, 3.63) is 101 Å². The molecule has 0 aliphatic carbocycles. The highest BCUT2D eigenvalue weighted by atomic mass is 35.5. The summed E-state index contributed by atoms with van der Waals surface area (Å²) in [5.41, 5.74) is 3.23. The Hall–Kier alpha value is -3.24. The molecule has 1 heterocycles. The quantitative estimate of drug-likeness (QED) is 0.397. The van der Waals surface area contributed by atoms with Gasteiger partial charge in [-0.1, -0.05) is 41.9 Å². The monoisotopic (exact) mass is 391 g/mol. The van der Waals surface area contributed by atoms with Gasteiger partial charge in [0.25, 0.3) is 0 Å². The van der Waals surface area contributed by atoms with Gasteiger partial charge in [0.15, 0.2) is 0 Å². The lowest BCUT2D eigenvalue weighted by Crippen LogP contribution is -2.07. The fourth-order valence-corrected chi connectivity index (χ4v) is 3.05. The molecule has 0 fully saturated rings. The van der Waals surface area contributed by atoms with Gasteiger partial charge in [0, 0.05) is 16.0 Å². The van der Waals surface area contributed by atoms with Crippen LogP contribution in [0.25, 0.3) is 22.2 Å². The topological polar surface area (TPSA) is 39.2 Å². The largest absolute Gasteiger partial charge is 0.457 e. The molecule has 5 heteroatoms. The van der Waals surface area contributed by atoms with E-state index in [1.165, 1.54) is 12.1 Å². The molecule has 0 saturated heterocycles. The molecule has 3 aromatic carbocycles. The van der Waals surface area contributed by atoms with Crippen LogP contribution in [0.15, 0.2) is 78.9 Å². The summed E-state index contributed by atoms with van der Waals surface area (Å²) in [6.07, 6.45) is 0. The molecule has 0 bridgehead atoms. The molecule has 0 N–H and O–H groups in total. The molecule has 0 atom stereocenters. The average Bonchev–Trinajstić information content (AvgIpc) is 2.73. The maximum Gasteiger partial charge on any atom is 0.339 e. The number of halogens is 2. The normalized spacial score (nSPS) is 10.8. The van der Waals surface area contributed by atoms with Crippen LogP contribution in [0.5, 0.6) is 0 Å². The third-order valence-corrected chi connectivity index (χ3v) is 4.61. The summed E-state index contributed by atoms with van der Waals surface area (Å²) in [7, 11) is 0. The highest BCUT2D eigenvalue weighted by Gasteiger charge is 2.15. The van der Waals surface area contributed by atoms with Crippen LogP contribution in [0.4, 0.5) is 4.39 Å². The summed E-state index contributed by atoms with van der Waals surface area (Å²) in [6.45, 7) is 0.137. The first-order chi connectivity index (χ1) is 13.6. The first-order valence-corrected chi connectivity index (χ1v) is 9.05. The molecule has 3 nitrogen and oxygen atoms in total. The molecule has 28 heavy (non-hydrogen) atoms. The zero-order valence-electron chi connectivity index (χ0n) is 14.7. The van der Waals surface area contributed by atoms with Crippen molar-refractivity contribution in [2.75, 3.05) is 0 Å². The van der Waals surface area contributed by atoms with Gasteiger partial charge < -0.3 is 4.74 Å². The molecule has 0 aliphatic rings. The molecule has 0 spiro atoms. The number of hydrogen-bond acceptors (Lipinski definition) is 3. The van der Waals surface area contributed by atoms with Crippen LogP contribution >= 0.6 is 11.6 Å². The molecule has 0 aliphatic heterocycles. The highest BCUT2D eigenvalue weighted by molar-refractivity contribution is 6.30. The highest BCUT2D eigenvalue weighted by Crippen LogP contribution is 2.26. The molecule has 1 aromatic heterocycles. The Balaban J connectivity index is 1.69. The van der Waals surface area contributed by atoms with Crippen LogP contribution in [0, 0.1) is 5.82 Å². The number of hydrogen-bond donors (Lipinski definition) is 0. The average molecular weight is 392 g/mol. The number of rotatable bonds is 4. The Kier molecular flexibility index (Phi) is 5.04. The third kappa shape index (κ3) is 3.87. The number of nitrogens with zero attached hydrogens (tertiary/aromatic N) is 1. The van der Waals surface area contributed by atoms with Gasteiger partial charge in [0.1, 0.15) is 12.4 Å². The molecule has 0 amide bonds. The smallest absolute Gasteiger partial charge is 0.339 e. The Morgan fingerprint density at radius 3 is 2.43 bits per heavy atom. The summed E-state index contributed by atoms with van der Waals surface area (Å²) in [6, 6.07) is 22.2. The van der Waals surface area contributed by atoms with Crippen LogP contribution in [-0.2, 0) is 11.3 Å². The number of benzene rings is 3. The van der Waals surface area contributed by atoms with E-state index >= 15 is 0 Å². The van der Waals surface area contributed by atoms with Gasteiger partial charge in [0.2, 0.25) is 0 Å². The number of carbonyl (C=O) groups excluding carboxylic acids is 1. The number of aromatic nitrogens is 1. The minimum absolute atomic E-state index is 0.137. The van der Waals surface area contributed by atoms with Crippen LogP contribution in [0.2, 0.25) is 5.02 Å². The number of ether oxygens (including phenoxy) is 1. The van der Waals surface area contributed by atoms with Crippen LogP contribution in [0.1, 0.15) is 15.9 Å². The Bertz CT molecular complexity index is 1140. The van der Waals surface area contributed by atoms with Crippen molar-refractivity contribution < 1.29 is 13.9 Å². The maximum absolute atomic E-state index is 13.2. The lowest BCUT2D eigenvalue weighted by Gasteiger charge is -2.10. The van der Waals surface area contributed by atoms with Crippen molar-refractivity contribution in [1.29, 1.82) is 0 Å². The zero-order valence-corrected chi connectivity index (χ0v) is 15.5. The Labute approximate surface area is 166 Å². The van der Waals surface area contributed by atoms with Crippen LogP contribution in [-0.4, -0.2) is 11.0 Å². The van der Waals surface area contributed by atoms with E-state index in [0.29, 0.717) is 27.2 Å². The van der Waals surface area contributed by atoms with E-state index in [-0.39, 0.29) is 12.4 Å². The van der Waals surface area contributed by atoms with Gasteiger partial charge in [-0.05, 0) is 54.1 Å². The van der Waals surface area contributed by atoms with Crippen molar-refractivity contribution in [2.45, 2.75) is 6.61 Å². The molecular weight excluding hydrogens is 377 g/mol. The Morgan fingerprint density at radius 2 is 1.68 bits per heavy atom. The second-order valence-electron chi connectivity index (χ2n) is 6.28. The van der Waals surface area contributed by atoms with Gasteiger partial charge in [0.05, 0.1) is 16.8 Å². The minimum Gasteiger partial charge on any atom is -0.457 e. The van der Waals surface area contributed by atoms with E-state index < -0.39 is 5.97 Å². The summed E-state index contributed by atoms with van der Waals surface area (Å²) in [4.78, 5) is 17.4. The van der Waals surface area contributed by atoms with Crippen LogP contribution in [0.3, 0.4) is 0 Å². The van der Waals surface area contributed by atoms with Crippen molar-refractivity contribution in [3.63, 3.8) is 0 Å². The number of carbonyl (C=O) groups is 1. The predicted octanol–water partition coefficient (Wildman–Crippen LogP) is 6.05. The fourth-order valence-electron chi connectivity index (χ4n) is 2.92. The standard InChI is InChI=1S/C23H15ClFNO2/c24-17-9-5-15(6-10-17)14-28-23(27)20-13-22(16-7-11-18(25)12-8-16)26-21-4-2-1-3-19(20)21/h1-13H,14H2. The van der Waals surface area contributed by atoms with Crippen molar-refractivity contribution in [1.82, 2.24) is 4.98 Å². The first kappa shape index (κ1) is 18.1. The second kappa shape index (κ2) is 7.79. The maximum atomic E-state index is 13.2. The number of para-hydroxylation sites is 1. The molecule has 0 saturated carbocycles. The van der Waals surface area contributed by atoms with E-state index in [4.69, 9.17) is 16.3 Å². The lowest BCUT2D eigenvalue weighted by atomic mass is 10.0. The predicted molar refractivity (Wildman–Crippen MR) is 108 cm³/mol. The minimum atomic E-state index is -0.447. The van der Waals surface area contributed by atoms with Gasteiger partial charge in [-0.15, -0.1) is 0 Å². The summed E-state index contributed by atoms with van der Waals surface area (Å²) in [5.74, 6) is -0.774. The van der Waals surface area contributed by atoms with E-state index in [1.807, 2.05) is 36.4 Å². The SMILES string of the molecule is O=C(OCc1ccc(Cl)cc1)c1cc(-c2ccc(F)cc2)nc2ccccc12. The Morgan fingerprint density at radius 1 is 0.964 bits per heavy atom. The zero-order chi connectivity index (χ0) is 19.5. The lowest BCUT2D eigenvalue weighted by molar-refractivity contribution is 0.0475. The van der Waals surface area contributed by atoms with E-state index in [0.717, 1.165) is 11.1 Å². The van der Waals surface area contributed by atoms with Gasteiger partial charge in [-0.3, -0.25) is 0 Å². The van der Waals surface area contributed by atoms with Gasteiger partial charge in [-0.25, -0.2) is 14.2 Å². The molecule has 4 aromatic rings. The molecule has 0 unspecified atom stereocenters.